The number of phenols is 1. The fraction of sp³-hybridized carbons (Fsp3) is 0.333. The summed E-state index contributed by atoms with van der Waals surface area (Å²) in [5.41, 5.74) is -6.98. The summed E-state index contributed by atoms with van der Waals surface area (Å²) >= 11 is 0. The molecular formula is C18H15F7O4S. The topological polar surface area (TPSA) is 63.6 Å². The highest BCUT2D eigenvalue weighted by molar-refractivity contribution is 7.88. The lowest BCUT2D eigenvalue weighted by Crippen LogP contribution is -2.54. The summed E-state index contributed by atoms with van der Waals surface area (Å²) in [7, 11) is -4.85. The van der Waals surface area contributed by atoms with Crippen LogP contribution >= 0.6 is 0 Å². The van der Waals surface area contributed by atoms with Crippen LogP contribution in [0.4, 0.5) is 30.7 Å². The number of alkyl halides is 7. The quantitative estimate of drug-likeness (QED) is 0.491. The molecule has 0 unspecified atom stereocenters. The average Bonchev–Trinajstić information content (AvgIpc) is 2.55. The van der Waals surface area contributed by atoms with Gasteiger partial charge in [0.1, 0.15) is 11.5 Å². The van der Waals surface area contributed by atoms with E-state index >= 15 is 0 Å². The largest absolute Gasteiger partial charge is 0.508 e. The van der Waals surface area contributed by atoms with Gasteiger partial charge < -0.3 is 9.29 Å². The number of phenolic OH excluding ortho intramolecular Hbond substituents is 1. The minimum absolute atomic E-state index is 0.393. The molecule has 0 saturated heterocycles. The van der Waals surface area contributed by atoms with E-state index in [-0.39, 0.29) is 0 Å². The Kier molecular flexibility index (Phi) is 5.81. The highest BCUT2D eigenvalue weighted by Gasteiger charge is 2.72. The van der Waals surface area contributed by atoms with Crippen molar-refractivity contribution in [2.75, 3.05) is 0 Å². The number of hydrogen-bond acceptors (Lipinski definition) is 4. The van der Waals surface area contributed by atoms with Crippen LogP contribution < -0.4 is 4.18 Å². The molecule has 166 valence electrons. The molecule has 4 nitrogen and oxygen atoms in total. The van der Waals surface area contributed by atoms with Gasteiger partial charge >= 0.3 is 22.5 Å². The molecule has 0 aliphatic rings. The van der Waals surface area contributed by atoms with E-state index in [0.29, 0.717) is 62.4 Å². The van der Waals surface area contributed by atoms with Crippen molar-refractivity contribution in [3.63, 3.8) is 0 Å². The SMILES string of the molecule is CC(C)(F)S(=O)(=O)Oc1ccc(C(c2ccc(O)cc2)(C(F)(F)F)C(F)(F)F)cc1. The van der Waals surface area contributed by atoms with Crippen molar-refractivity contribution in [3.05, 3.63) is 59.7 Å². The van der Waals surface area contributed by atoms with E-state index in [1.165, 1.54) is 0 Å². The minimum Gasteiger partial charge on any atom is -0.508 e. The van der Waals surface area contributed by atoms with Crippen LogP contribution in [0, 0.1) is 0 Å². The summed E-state index contributed by atoms with van der Waals surface area (Å²) in [5.74, 6) is -1.21. The first-order valence-corrected chi connectivity index (χ1v) is 9.51. The van der Waals surface area contributed by atoms with E-state index in [1.807, 2.05) is 0 Å². The number of benzene rings is 2. The predicted molar refractivity (Wildman–Crippen MR) is 92.2 cm³/mol. The Morgan fingerprint density at radius 2 is 1.10 bits per heavy atom. The zero-order chi connectivity index (χ0) is 23.2. The molecule has 0 spiro atoms. The normalized spacial score (nSPS) is 13.9. The molecule has 1 N–H and O–H groups in total. The molecule has 0 heterocycles. The molecule has 12 heteroatoms. The maximum absolute atomic E-state index is 13.9. The zero-order valence-corrected chi connectivity index (χ0v) is 16.2. The Balaban J connectivity index is 2.68. The van der Waals surface area contributed by atoms with E-state index in [4.69, 9.17) is 0 Å². The van der Waals surface area contributed by atoms with Crippen molar-refractivity contribution >= 4 is 10.1 Å². The van der Waals surface area contributed by atoms with E-state index in [1.54, 1.807) is 0 Å². The average molecular weight is 460 g/mol. The molecular weight excluding hydrogens is 445 g/mol. The van der Waals surface area contributed by atoms with Gasteiger partial charge in [-0.2, -0.15) is 34.8 Å². The van der Waals surface area contributed by atoms with Crippen LogP contribution in [0.5, 0.6) is 11.5 Å². The van der Waals surface area contributed by atoms with Gasteiger partial charge in [0.2, 0.25) is 10.4 Å². The van der Waals surface area contributed by atoms with Gasteiger partial charge in [-0.05, 0) is 49.2 Å². The van der Waals surface area contributed by atoms with Crippen LogP contribution in [-0.4, -0.2) is 30.9 Å². The first kappa shape index (κ1) is 23.8. The van der Waals surface area contributed by atoms with Gasteiger partial charge in [-0.15, -0.1) is 0 Å². The van der Waals surface area contributed by atoms with Crippen molar-refractivity contribution in [1.29, 1.82) is 0 Å². The standard InChI is InChI=1S/C18H15F7O4S/c1-15(2,19)30(27,28)29-14-9-5-12(6-10-14)16(17(20,21)22,18(23,24)25)11-3-7-13(26)8-4-11/h3-10,26H,1-2H3. The monoisotopic (exact) mass is 460 g/mol. The van der Waals surface area contributed by atoms with Crippen molar-refractivity contribution in [2.24, 2.45) is 0 Å². The summed E-state index contributed by atoms with van der Waals surface area (Å²) < 4.78 is 125. The lowest BCUT2D eigenvalue weighted by atomic mass is 9.73. The van der Waals surface area contributed by atoms with E-state index < -0.39 is 55.5 Å². The van der Waals surface area contributed by atoms with Gasteiger partial charge in [0.15, 0.2) is 0 Å². The van der Waals surface area contributed by atoms with E-state index in [2.05, 4.69) is 4.18 Å². The third kappa shape index (κ3) is 4.05. The highest BCUT2D eigenvalue weighted by atomic mass is 32.2. The minimum atomic E-state index is -5.86. The molecule has 0 bridgehead atoms. The smallest absolute Gasteiger partial charge is 0.411 e. The number of rotatable bonds is 5. The zero-order valence-electron chi connectivity index (χ0n) is 15.3. The molecule has 0 fully saturated rings. The van der Waals surface area contributed by atoms with Crippen LogP contribution in [-0.2, 0) is 15.5 Å². The Labute approximate surface area is 167 Å². The number of aromatic hydroxyl groups is 1. The molecule has 30 heavy (non-hydrogen) atoms. The summed E-state index contributed by atoms with van der Waals surface area (Å²) in [5, 5.41) is 6.38. The van der Waals surface area contributed by atoms with Crippen LogP contribution in [0.2, 0.25) is 0 Å². The van der Waals surface area contributed by atoms with E-state index in [9.17, 15) is 44.3 Å². The van der Waals surface area contributed by atoms with Crippen molar-refractivity contribution in [1.82, 2.24) is 0 Å². The first-order chi connectivity index (χ1) is 13.4. The molecule has 0 atom stereocenters. The molecule has 0 aliphatic heterocycles. The van der Waals surface area contributed by atoms with Crippen molar-refractivity contribution in [2.45, 2.75) is 36.6 Å². The Morgan fingerprint density at radius 3 is 1.43 bits per heavy atom. The molecule has 0 radical (unpaired) electrons. The third-order valence-corrected chi connectivity index (χ3v) is 5.84. The maximum Gasteiger partial charge on any atom is 0.411 e. The highest BCUT2D eigenvalue weighted by Crippen LogP contribution is 2.56. The van der Waals surface area contributed by atoms with Gasteiger partial charge in [-0.25, -0.2) is 4.39 Å². The maximum atomic E-state index is 13.9. The molecule has 0 aromatic heterocycles. The lowest BCUT2D eigenvalue weighted by molar-refractivity contribution is -0.288. The van der Waals surface area contributed by atoms with E-state index in [0.717, 1.165) is 0 Å². The van der Waals surface area contributed by atoms with Crippen LogP contribution in [0.15, 0.2) is 48.5 Å². The Morgan fingerprint density at radius 1 is 0.733 bits per heavy atom. The van der Waals surface area contributed by atoms with Crippen molar-refractivity contribution < 1.29 is 48.4 Å². The molecule has 0 aliphatic carbocycles. The second-order valence-electron chi connectivity index (χ2n) is 6.72. The molecule has 0 amide bonds. The summed E-state index contributed by atoms with van der Waals surface area (Å²) in [6.45, 7) is 1.31. The molecule has 2 rings (SSSR count). The fourth-order valence-electron chi connectivity index (χ4n) is 2.68. The van der Waals surface area contributed by atoms with Crippen LogP contribution in [0.1, 0.15) is 25.0 Å². The first-order valence-electron chi connectivity index (χ1n) is 8.10. The summed E-state index contributed by atoms with van der Waals surface area (Å²) in [6, 6.07) is 4.22. The van der Waals surface area contributed by atoms with Gasteiger partial charge in [0.25, 0.3) is 0 Å². The second-order valence-corrected chi connectivity index (χ2v) is 8.76. The van der Waals surface area contributed by atoms with Gasteiger partial charge in [-0.1, -0.05) is 24.3 Å². The van der Waals surface area contributed by atoms with Gasteiger partial charge in [-0.3, -0.25) is 0 Å². The lowest BCUT2D eigenvalue weighted by Gasteiger charge is -2.38. The Bertz CT molecular complexity index is 973. The van der Waals surface area contributed by atoms with Crippen LogP contribution in [0.3, 0.4) is 0 Å². The predicted octanol–water partition coefficient (Wildman–Crippen LogP) is 5.22. The second kappa shape index (κ2) is 7.33. The fourth-order valence-corrected chi connectivity index (χ4v) is 3.24. The number of halogens is 7. The number of hydrogen-bond donors (Lipinski definition) is 1. The third-order valence-electron chi connectivity index (χ3n) is 4.24. The Hall–Kier alpha value is -2.50. The molecule has 2 aromatic carbocycles. The van der Waals surface area contributed by atoms with Gasteiger partial charge in [0.05, 0.1) is 0 Å². The molecule has 2 aromatic rings. The van der Waals surface area contributed by atoms with Gasteiger partial charge in [0, 0.05) is 0 Å². The summed E-state index contributed by atoms with van der Waals surface area (Å²) in [6.07, 6.45) is -11.7. The summed E-state index contributed by atoms with van der Waals surface area (Å²) in [4.78, 5) is 0. The molecule has 0 saturated carbocycles. The van der Waals surface area contributed by atoms with Crippen LogP contribution in [0.25, 0.3) is 0 Å². The van der Waals surface area contributed by atoms with Crippen molar-refractivity contribution in [3.8, 4) is 11.5 Å².